The number of hydrogen-bond donors (Lipinski definition) is 1. The molecule has 1 aromatic rings. The second kappa shape index (κ2) is 12.6. The molecule has 24 heavy (non-hydrogen) atoms. The zero-order valence-electron chi connectivity index (χ0n) is 16.4. The van der Waals surface area contributed by atoms with Crippen molar-refractivity contribution in [3.63, 3.8) is 0 Å². The summed E-state index contributed by atoms with van der Waals surface area (Å²) in [5.41, 5.74) is 2.07. The summed E-state index contributed by atoms with van der Waals surface area (Å²) in [4.78, 5) is 15.8. The zero-order valence-corrected chi connectivity index (χ0v) is 16.4. The number of carbonyl (C=O) groups excluding carboxylic acids is 1. The van der Waals surface area contributed by atoms with Crippen LogP contribution >= 0.6 is 0 Å². The first-order valence-electron chi connectivity index (χ1n) is 8.84. The standard InChI is InChI=1S/C17H29N3O2.C2H6/c1-6-20(12-11-19(4)5)17(21)22-13-15-7-9-16(10-8-15)18-14(2)3;1-2/h7-10,14,18H,6,11-13H2,1-5H3;1-2H3. The molecule has 0 fully saturated rings. The van der Waals surface area contributed by atoms with Crippen LogP contribution in [0.15, 0.2) is 24.3 Å². The van der Waals surface area contributed by atoms with E-state index in [0.717, 1.165) is 17.8 Å². The zero-order chi connectivity index (χ0) is 18.5. The number of carbonyl (C=O) groups is 1. The van der Waals surface area contributed by atoms with Gasteiger partial charge in [0.05, 0.1) is 0 Å². The molecule has 1 N–H and O–H groups in total. The summed E-state index contributed by atoms with van der Waals surface area (Å²) in [6.07, 6.45) is -0.256. The molecule has 1 amide bonds. The Morgan fingerprint density at radius 3 is 2.17 bits per heavy atom. The van der Waals surface area contributed by atoms with Crippen LogP contribution in [0.5, 0.6) is 0 Å². The molecule has 0 aliphatic heterocycles. The maximum atomic E-state index is 12.0. The third kappa shape index (κ3) is 9.40. The number of likely N-dealkylation sites (N-methyl/N-ethyl adjacent to an activating group) is 2. The van der Waals surface area contributed by atoms with E-state index in [1.165, 1.54) is 0 Å². The van der Waals surface area contributed by atoms with Gasteiger partial charge in [0.1, 0.15) is 6.61 Å². The fourth-order valence-electron chi connectivity index (χ4n) is 1.97. The molecule has 0 aliphatic carbocycles. The van der Waals surface area contributed by atoms with Gasteiger partial charge in [-0.2, -0.15) is 0 Å². The Labute approximate surface area is 148 Å². The summed E-state index contributed by atoms with van der Waals surface area (Å²) < 4.78 is 5.38. The number of amides is 1. The van der Waals surface area contributed by atoms with E-state index in [-0.39, 0.29) is 6.09 Å². The molecule has 0 aliphatic rings. The second-order valence-electron chi connectivity index (χ2n) is 5.93. The first-order valence-corrected chi connectivity index (χ1v) is 8.84. The molecule has 0 spiro atoms. The van der Waals surface area contributed by atoms with Crippen LogP contribution in [-0.2, 0) is 11.3 Å². The average Bonchev–Trinajstić information content (AvgIpc) is 2.56. The monoisotopic (exact) mass is 337 g/mol. The van der Waals surface area contributed by atoms with E-state index in [0.29, 0.717) is 25.7 Å². The Morgan fingerprint density at radius 2 is 1.71 bits per heavy atom. The fraction of sp³-hybridized carbons (Fsp3) is 0.632. The number of rotatable bonds is 8. The van der Waals surface area contributed by atoms with Gasteiger partial charge in [-0.1, -0.05) is 26.0 Å². The van der Waals surface area contributed by atoms with Crippen molar-refractivity contribution in [2.24, 2.45) is 0 Å². The van der Waals surface area contributed by atoms with E-state index < -0.39 is 0 Å². The van der Waals surface area contributed by atoms with Crippen LogP contribution in [0.1, 0.15) is 40.2 Å². The molecule has 1 rings (SSSR count). The highest BCUT2D eigenvalue weighted by atomic mass is 16.6. The van der Waals surface area contributed by atoms with Crippen LogP contribution < -0.4 is 5.32 Å². The molecular weight excluding hydrogens is 302 g/mol. The van der Waals surface area contributed by atoms with E-state index in [4.69, 9.17) is 4.74 Å². The highest BCUT2D eigenvalue weighted by Crippen LogP contribution is 2.12. The molecule has 0 heterocycles. The number of hydrogen-bond acceptors (Lipinski definition) is 4. The van der Waals surface area contributed by atoms with Crippen LogP contribution in [0.3, 0.4) is 0 Å². The first kappa shape index (κ1) is 22.2. The Kier molecular flexibility index (Phi) is 11.7. The van der Waals surface area contributed by atoms with E-state index in [2.05, 4.69) is 24.1 Å². The van der Waals surface area contributed by atoms with Crippen molar-refractivity contribution in [2.75, 3.05) is 39.0 Å². The highest BCUT2D eigenvalue weighted by molar-refractivity contribution is 5.67. The average molecular weight is 338 g/mol. The van der Waals surface area contributed by atoms with Crippen molar-refractivity contribution in [3.05, 3.63) is 29.8 Å². The summed E-state index contributed by atoms with van der Waals surface area (Å²) in [5.74, 6) is 0. The van der Waals surface area contributed by atoms with Gasteiger partial charge >= 0.3 is 6.09 Å². The quantitative estimate of drug-likeness (QED) is 0.777. The SMILES string of the molecule is CC.CCN(CCN(C)C)C(=O)OCc1ccc(NC(C)C)cc1. The minimum atomic E-state index is -0.256. The molecule has 0 radical (unpaired) electrons. The number of nitrogens with zero attached hydrogens (tertiary/aromatic N) is 2. The largest absolute Gasteiger partial charge is 0.445 e. The predicted octanol–water partition coefficient (Wildman–Crippen LogP) is 4.05. The minimum Gasteiger partial charge on any atom is -0.445 e. The van der Waals surface area contributed by atoms with Crippen molar-refractivity contribution in [2.45, 2.75) is 47.3 Å². The normalized spacial score (nSPS) is 10.2. The van der Waals surface area contributed by atoms with E-state index >= 15 is 0 Å². The van der Waals surface area contributed by atoms with Gasteiger partial charge in [-0.15, -0.1) is 0 Å². The highest BCUT2D eigenvalue weighted by Gasteiger charge is 2.13. The van der Waals surface area contributed by atoms with Gasteiger partial charge in [0.25, 0.3) is 0 Å². The molecular formula is C19H35N3O2. The number of benzene rings is 1. The topological polar surface area (TPSA) is 44.8 Å². The van der Waals surface area contributed by atoms with Crippen molar-refractivity contribution >= 4 is 11.8 Å². The summed E-state index contributed by atoms with van der Waals surface area (Å²) >= 11 is 0. The number of nitrogens with one attached hydrogen (secondary N) is 1. The van der Waals surface area contributed by atoms with E-state index in [1.807, 2.05) is 59.1 Å². The van der Waals surface area contributed by atoms with Crippen molar-refractivity contribution < 1.29 is 9.53 Å². The lowest BCUT2D eigenvalue weighted by molar-refractivity contribution is 0.0956. The van der Waals surface area contributed by atoms with Gasteiger partial charge < -0.3 is 19.9 Å². The van der Waals surface area contributed by atoms with Crippen LogP contribution in [0, 0.1) is 0 Å². The lowest BCUT2D eigenvalue weighted by Gasteiger charge is -2.22. The molecule has 138 valence electrons. The lowest BCUT2D eigenvalue weighted by atomic mass is 10.2. The first-order chi connectivity index (χ1) is 11.4. The van der Waals surface area contributed by atoms with Crippen molar-refractivity contribution in [3.8, 4) is 0 Å². The molecule has 0 atom stereocenters. The maximum Gasteiger partial charge on any atom is 0.410 e. The van der Waals surface area contributed by atoms with Crippen LogP contribution in [0.2, 0.25) is 0 Å². The molecule has 0 unspecified atom stereocenters. The summed E-state index contributed by atoms with van der Waals surface area (Å²) in [6.45, 7) is 12.6. The summed E-state index contributed by atoms with van der Waals surface area (Å²) in [5, 5.41) is 3.33. The van der Waals surface area contributed by atoms with Gasteiger partial charge in [-0.25, -0.2) is 4.79 Å². The minimum absolute atomic E-state index is 0.256. The van der Waals surface area contributed by atoms with Gasteiger partial charge in [-0.3, -0.25) is 0 Å². The Bertz CT molecular complexity index is 444. The second-order valence-corrected chi connectivity index (χ2v) is 5.93. The van der Waals surface area contributed by atoms with Crippen LogP contribution in [0.25, 0.3) is 0 Å². The van der Waals surface area contributed by atoms with Crippen molar-refractivity contribution in [1.82, 2.24) is 9.80 Å². The van der Waals surface area contributed by atoms with Gasteiger partial charge in [-0.05, 0) is 52.6 Å². The van der Waals surface area contributed by atoms with Gasteiger partial charge in [0.2, 0.25) is 0 Å². The van der Waals surface area contributed by atoms with Crippen LogP contribution in [0.4, 0.5) is 10.5 Å². The smallest absolute Gasteiger partial charge is 0.410 e. The summed E-state index contributed by atoms with van der Waals surface area (Å²) in [6, 6.07) is 8.38. The van der Waals surface area contributed by atoms with E-state index in [9.17, 15) is 4.79 Å². The molecule has 0 saturated carbocycles. The third-order valence-corrected chi connectivity index (χ3v) is 3.23. The Hall–Kier alpha value is -1.75. The molecule has 0 aromatic heterocycles. The van der Waals surface area contributed by atoms with Crippen LogP contribution in [-0.4, -0.2) is 55.7 Å². The molecule has 0 saturated heterocycles. The molecule has 0 bridgehead atoms. The number of anilines is 1. The summed E-state index contributed by atoms with van der Waals surface area (Å²) in [7, 11) is 3.98. The number of ether oxygens (including phenoxy) is 1. The predicted molar refractivity (Wildman–Crippen MR) is 103 cm³/mol. The molecule has 1 aromatic carbocycles. The maximum absolute atomic E-state index is 12.0. The fourth-order valence-corrected chi connectivity index (χ4v) is 1.97. The lowest BCUT2D eigenvalue weighted by Crippen LogP contribution is -2.36. The molecule has 5 nitrogen and oxygen atoms in total. The van der Waals surface area contributed by atoms with E-state index in [1.54, 1.807) is 4.90 Å². The van der Waals surface area contributed by atoms with Crippen molar-refractivity contribution in [1.29, 1.82) is 0 Å². The molecule has 5 heteroatoms. The van der Waals surface area contributed by atoms with Gasteiger partial charge in [0, 0.05) is 31.4 Å². The Morgan fingerprint density at radius 1 is 1.12 bits per heavy atom. The van der Waals surface area contributed by atoms with Gasteiger partial charge in [0.15, 0.2) is 0 Å². The third-order valence-electron chi connectivity index (χ3n) is 3.23. The Balaban J connectivity index is 0.00000254.